The van der Waals surface area contributed by atoms with Crippen LogP contribution in [0.3, 0.4) is 0 Å². The molecule has 0 amide bonds. The fourth-order valence-electron chi connectivity index (χ4n) is 3.26. The molecule has 0 N–H and O–H groups in total. The topological polar surface area (TPSA) is 20.1 Å². The van der Waals surface area contributed by atoms with Crippen molar-refractivity contribution in [2.75, 3.05) is 6.54 Å². The Morgan fingerprint density at radius 2 is 1.62 bits per heavy atom. The average molecular weight is 319 g/mol. The maximum atomic E-state index is 12.7. The van der Waals surface area contributed by atoms with E-state index in [-0.39, 0.29) is 11.7 Å². The quantitative estimate of drug-likeness (QED) is 0.561. The summed E-state index contributed by atoms with van der Waals surface area (Å²) in [5, 5.41) is 0. The van der Waals surface area contributed by atoms with Gasteiger partial charge in [0, 0.05) is 25.0 Å². The van der Waals surface area contributed by atoms with Crippen molar-refractivity contribution in [1.29, 1.82) is 0 Å². The number of hydrogen-bond acceptors (Lipinski definition) is 2. The van der Waals surface area contributed by atoms with Crippen LogP contribution in [0.15, 0.2) is 72.3 Å². The summed E-state index contributed by atoms with van der Waals surface area (Å²) < 4.78 is 0. The predicted octanol–water partition coefficient (Wildman–Crippen LogP) is 4.27. The summed E-state index contributed by atoms with van der Waals surface area (Å²) in [4.78, 5) is 15.1. The molecule has 0 spiro atoms. The molecule has 0 radical (unpaired) electrons. The second kappa shape index (κ2) is 7.59. The normalized spacial score (nSPS) is 20.2. The van der Waals surface area contributed by atoms with E-state index in [1.165, 1.54) is 11.1 Å². The lowest BCUT2D eigenvalue weighted by Crippen LogP contribution is -2.24. The van der Waals surface area contributed by atoms with Crippen LogP contribution in [-0.4, -0.2) is 23.3 Å². The summed E-state index contributed by atoms with van der Waals surface area (Å²) in [6.45, 7) is 5.92. The first-order valence-electron chi connectivity index (χ1n) is 8.64. The van der Waals surface area contributed by atoms with Gasteiger partial charge in [0.25, 0.3) is 0 Å². The van der Waals surface area contributed by atoms with Crippen LogP contribution >= 0.6 is 0 Å². The van der Waals surface area contributed by atoms with Gasteiger partial charge in [-0.05, 0) is 37.5 Å². The molecule has 124 valence electrons. The summed E-state index contributed by atoms with van der Waals surface area (Å²) >= 11 is 0. The summed E-state index contributed by atoms with van der Waals surface area (Å²) in [7, 11) is 0. The van der Waals surface area contributed by atoms with Crippen molar-refractivity contribution in [3.05, 3.63) is 83.4 Å². The van der Waals surface area contributed by atoms with Gasteiger partial charge in [0.1, 0.15) is 0 Å². The van der Waals surface area contributed by atoms with Gasteiger partial charge in [0.05, 0.1) is 0 Å². The van der Waals surface area contributed by atoms with E-state index in [2.05, 4.69) is 41.3 Å². The second-order valence-electron chi connectivity index (χ2n) is 6.90. The van der Waals surface area contributed by atoms with E-state index < -0.39 is 0 Å². The predicted molar refractivity (Wildman–Crippen MR) is 98.7 cm³/mol. The average Bonchev–Trinajstić information content (AvgIpc) is 3.32. The summed E-state index contributed by atoms with van der Waals surface area (Å²) in [5.41, 5.74) is 3.63. The lowest BCUT2D eigenvalue weighted by molar-refractivity contribution is -0.118. The Bertz CT molecular complexity index is 701. The van der Waals surface area contributed by atoms with Gasteiger partial charge in [-0.25, -0.2) is 0 Å². The van der Waals surface area contributed by atoms with Crippen molar-refractivity contribution >= 4 is 5.78 Å². The molecule has 3 unspecified atom stereocenters. The van der Waals surface area contributed by atoms with Gasteiger partial charge in [-0.2, -0.15) is 0 Å². The van der Waals surface area contributed by atoms with E-state index in [1.807, 2.05) is 44.2 Å². The maximum absolute atomic E-state index is 12.7. The fraction of sp³-hybridized carbons (Fsp3) is 0.318. The van der Waals surface area contributed by atoms with Gasteiger partial charge in [-0.1, -0.05) is 66.2 Å². The lowest BCUT2D eigenvalue weighted by Gasteiger charge is -2.15. The summed E-state index contributed by atoms with van der Waals surface area (Å²) in [6.07, 6.45) is 2.63. The fourth-order valence-corrected chi connectivity index (χ4v) is 3.26. The molecule has 0 aromatic heterocycles. The number of nitrogens with zero attached hydrogens (tertiary/aromatic N) is 1. The Hall–Kier alpha value is -2.19. The van der Waals surface area contributed by atoms with Gasteiger partial charge in [0.15, 0.2) is 5.78 Å². The highest BCUT2D eigenvalue weighted by Crippen LogP contribution is 2.31. The first-order valence-corrected chi connectivity index (χ1v) is 8.64. The minimum absolute atomic E-state index is 0.0472. The molecule has 3 atom stereocenters. The van der Waals surface area contributed by atoms with Crippen LogP contribution in [-0.2, 0) is 17.8 Å². The number of carbonyl (C=O) groups is 1. The molecule has 1 saturated heterocycles. The molecule has 0 saturated carbocycles. The van der Waals surface area contributed by atoms with Crippen LogP contribution in [0.1, 0.15) is 25.0 Å². The highest BCUT2D eigenvalue weighted by molar-refractivity contribution is 5.93. The molecule has 1 fully saturated rings. The molecule has 0 bridgehead atoms. The zero-order valence-corrected chi connectivity index (χ0v) is 14.5. The van der Waals surface area contributed by atoms with Gasteiger partial charge >= 0.3 is 0 Å². The van der Waals surface area contributed by atoms with E-state index in [0.717, 1.165) is 25.1 Å². The summed E-state index contributed by atoms with van der Waals surface area (Å²) in [5.74, 6) is 0.311. The Balaban J connectivity index is 1.71. The van der Waals surface area contributed by atoms with Crippen molar-refractivity contribution in [3.8, 4) is 0 Å². The van der Waals surface area contributed by atoms with E-state index in [1.54, 1.807) is 0 Å². The summed E-state index contributed by atoms with van der Waals surface area (Å²) in [6, 6.07) is 21.2. The van der Waals surface area contributed by atoms with Gasteiger partial charge in [-0.15, -0.1) is 0 Å². The monoisotopic (exact) mass is 319 g/mol. The van der Waals surface area contributed by atoms with Crippen LogP contribution in [0.25, 0.3) is 0 Å². The highest BCUT2D eigenvalue weighted by Gasteiger charge is 2.42. The second-order valence-corrected chi connectivity index (χ2v) is 6.90. The molecular weight excluding hydrogens is 294 g/mol. The number of hydrogen-bond donors (Lipinski definition) is 0. The standard InChI is InChI=1S/C22H25NO/c1-17(2)13-22(24)20(14-18-9-5-3-6-10-18)21-16-23(21)15-19-11-7-4-8-12-19/h3-13,20-21H,14-16H2,1-2H3. The first-order chi connectivity index (χ1) is 11.6. The molecular formula is C22H25NO. The zero-order chi connectivity index (χ0) is 16.9. The van der Waals surface area contributed by atoms with Gasteiger partial charge < -0.3 is 0 Å². The number of benzene rings is 2. The SMILES string of the molecule is CC(C)=CC(=O)C(Cc1ccccc1)C1CN1Cc1ccccc1. The third-order valence-electron chi connectivity index (χ3n) is 4.54. The molecule has 24 heavy (non-hydrogen) atoms. The van der Waals surface area contributed by atoms with Crippen molar-refractivity contribution in [2.45, 2.75) is 32.9 Å². The molecule has 2 aromatic rings. The van der Waals surface area contributed by atoms with Crippen LogP contribution in [0.2, 0.25) is 0 Å². The number of ketones is 1. The zero-order valence-electron chi connectivity index (χ0n) is 14.5. The Morgan fingerprint density at radius 1 is 1.04 bits per heavy atom. The highest BCUT2D eigenvalue weighted by atomic mass is 16.1. The minimum atomic E-state index is 0.0472. The number of carbonyl (C=O) groups excluding carboxylic acids is 1. The number of rotatable bonds is 7. The molecule has 1 aliphatic heterocycles. The van der Waals surface area contributed by atoms with Crippen LogP contribution in [0, 0.1) is 5.92 Å². The van der Waals surface area contributed by atoms with Gasteiger partial charge in [0.2, 0.25) is 0 Å². The first kappa shape index (κ1) is 16.7. The van der Waals surface area contributed by atoms with E-state index >= 15 is 0 Å². The third kappa shape index (κ3) is 4.42. The van der Waals surface area contributed by atoms with E-state index in [9.17, 15) is 4.79 Å². The molecule has 0 aliphatic carbocycles. The van der Waals surface area contributed by atoms with Crippen molar-refractivity contribution in [3.63, 3.8) is 0 Å². The Morgan fingerprint density at radius 3 is 2.21 bits per heavy atom. The molecule has 3 rings (SSSR count). The van der Waals surface area contributed by atoms with Crippen molar-refractivity contribution in [2.24, 2.45) is 5.92 Å². The smallest absolute Gasteiger partial charge is 0.160 e. The molecule has 1 aliphatic rings. The maximum Gasteiger partial charge on any atom is 0.160 e. The van der Waals surface area contributed by atoms with Crippen LogP contribution < -0.4 is 0 Å². The molecule has 2 nitrogen and oxygen atoms in total. The largest absolute Gasteiger partial charge is 0.294 e. The van der Waals surface area contributed by atoms with Crippen molar-refractivity contribution < 1.29 is 4.79 Å². The minimum Gasteiger partial charge on any atom is -0.294 e. The Kier molecular flexibility index (Phi) is 5.27. The molecule has 1 heterocycles. The lowest BCUT2D eigenvalue weighted by atomic mass is 9.91. The third-order valence-corrected chi connectivity index (χ3v) is 4.54. The van der Waals surface area contributed by atoms with E-state index in [4.69, 9.17) is 0 Å². The van der Waals surface area contributed by atoms with Crippen LogP contribution in [0.5, 0.6) is 0 Å². The Labute approximate surface area is 144 Å². The number of allylic oxidation sites excluding steroid dienone is 2. The van der Waals surface area contributed by atoms with Gasteiger partial charge in [-0.3, -0.25) is 9.69 Å². The molecule has 2 heteroatoms. The molecule has 2 aromatic carbocycles. The van der Waals surface area contributed by atoms with E-state index in [0.29, 0.717) is 6.04 Å². The van der Waals surface area contributed by atoms with Crippen LogP contribution in [0.4, 0.5) is 0 Å². The van der Waals surface area contributed by atoms with Crippen molar-refractivity contribution in [1.82, 2.24) is 4.90 Å².